The second-order valence-corrected chi connectivity index (χ2v) is 3.92. The number of hydrogen-bond acceptors (Lipinski definition) is 4. The van der Waals surface area contributed by atoms with E-state index in [-0.39, 0.29) is 24.4 Å². The normalized spacial score (nSPS) is 25.7. The minimum atomic E-state index is -0.427. The molecule has 0 heterocycles. The van der Waals surface area contributed by atoms with Gasteiger partial charge in [0.15, 0.2) is 0 Å². The van der Waals surface area contributed by atoms with Crippen LogP contribution in [0.2, 0.25) is 0 Å². The van der Waals surface area contributed by atoms with Crippen LogP contribution in [0.3, 0.4) is 0 Å². The summed E-state index contributed by atoms with van der Waals surface area (Å²) in [7, 11) is 1.30. The van der Waals surface area contributed by atoms with Crippen LogP contribution in [0.15, 0.2) is 0 Å². The molecule has 1 aliphatic carbocycles. The van der Waals surface area contributed by atoms with Gasteiger partial charge < -0.3 is 15.8 Å². The zero-order valence-electron chi connectivity index (χ0n) is 8.99. The third-order valence-electron chi connectivity index (χ3n) is 2.72. The fourth-order valence-electron chi connectivity index (χ4n) is 1.84. The van der Waals surface area contributed by atoms with E-state index in [9.17, 15) is 9.59 Å². The Morgan fingerprint density at radius 3 is 2.80 bits per heavy atom. The van der Waals surface area contributed by atoms with E-state index in [1.807, 2.05) is 0 Å². The topological polar surface area (TPSA) is 81.4 Å². The molecule has 15 heavy (non-hydrogen) atoms. The molecule has 0 saturated heterocycles. The first-order valence-electron chi connectivity index (χ1n) is 5.23. The smallest absolute Gasteiger partial charge is 0.325 e. The SMILES string of the molecule is COC(=O)CNC(=O)C1CCCC(N)C1. The molecule has 1 fully saturated rings. The number of hydrogen-bond donors (Lipinski definition) is 2. The molecular formula is C10H18N2O3. The molecule has 1 saturated carbocycles. The van der Waals surface area contributed by atoms with Crippen LogP contribution in [0, 0.1) is 5.92 Å². The number of methoxy groups -OCH3 is 1. The van der Waals surface area contributed by atoms with Crippen molar-refractivity contribution in [1.82, 2.24) is 5.32 Å². The van der Waals surface area contributed by atoms with Gasteiger partial charge in [-0.3, -0.25) is 9.59 Å². The number of carbonyl (C=O) groups excluding carboxylic acids is 2. The van der Waals surface area contributed by atoms with Crippen molar-refractivity contribution >= 4 is 11.9 Å². The maximum Gasteiger partial charge on any atom is 0.325 e. The molecule has 5 heteroatoms. The summed E-state index contributed by atoms with van der Waals surface area (Å²) in [4.78, 5) is 22.4. The van der Waals surface area contributed by atoms with E-state index in [1.165, 1.54) is 7.11 Å². The minimum absolute atomic E-state index is 0.0431. The summed E-state index contributed by atoms with van der Waals surface area (Å²) in [5, 5.41) is 2.55. The zero-order valence-corrected chi connectivity index (χ0v) is 8.99. The van der Waals surface area contributed by atoms with Gasteiger partial charge in [0, 0.05) is 12.0 Å². The fourth-order valence-corrected chi connectivity index (χ4v) is 1.84. The predicted octanol–water partition coefficient (Wildman–Crippen LogP) is -0.207. The summed E-state index contributed by atoms with van der Waals surface area (Å²) in [6.45, 7) is -0.0545. The van der Waals surface area contributed by atoms with Crippen LogP contribution in [0.25, 0.3) is 0 Å². The highest BCUT2D eigenvalue weighted by Crippen LogP contribution is 2.22. The van der Waals surface area contributed by atoms with E-state index in [0.29, 0.717) is 6.42 Å². The average molecular weight is 214 g/mol. The molecule has 0 aromatic rings. The van der Waals surface area contributed by atoms with E-state index < -0.39 is 5.97 Å². The van der Waals surface area contributed by atoms with Gasteiger partial charge in [-0.1, -0.05) is 6.42 Å². The molecule has 1 amide bonds. The van der Waals surface area contributed by atoms with Crippen LogP contribution >= 0.6 is 0 Å². The van der Waals surface area contributed by atoms with Crippen molar-refractivity contribution in [2.75, 3.05) is 13.7 Å². The van der Waals surface area contributed by atoms with Gasteiger partial charge in [0.25, 0.3) is 0 Å². The molecule has 1 aliphatic rings. The highest BCUT2D eigenvalue weighted by molar-refractivity contribution is 5.83. The maximum absolute atomic E-state index is 11.6. The van der Waals surface area contributed by atoms with Gasteiger partial charge in [-0.15, -0.1) is 0 Å². The maximum atomic E-state index is 11.6. The van der Waals surface area contributed by atoms with Crippen molar-refractivity contribution in [3.8, 4) is 0 Å². The molecule has 0 aromatic heterocycles. The Hall–Kier alpha value is -1.10. The van der Waals surface area contributed by atoms with Crippen LogP contribution in [-0.4, -0.2) is 31.6 Å². The van der Waals surface area contributed by atoms with Gasteiger partial charge in [0.05, 0.1) is 7.11 Å². The molecule has 0 spiro atoms. The first-order chi connectivity index (χ1) is 7.13. The fraction of sp³-hybridized carbons (Fsp3) is 0.800. The van der Waals surface area contributed by atoms with E-state index in [2.05, 4.69) is 10.1 Å². The molecule has 1 rings (SSSR count). The number of ether oxygens (including phenoxy) is 1. The minimum Gasteiger partial charge on any atom is -0.468 e. The molecule has 2 unspecified atom stereocenters. The molecule has 3 N–H and O–H groups in total. The monoisotopic (exact) mass is 214 g/mol. The number of nitrogens with two attached hydrogens (primary N) is 1. The Morgan fingerprint density at radius 1 is 1.47 bits per heavy atom. The van der Waals surface area contributed by atoms with Crippen molar-refractivity contribution < 1.29 is 14.3 Å². The first kappa shape index (κ1) is 12.0. The van der Waals surface area contributed by atoms with Crippen molar-refractivity contribution in [1.29, 1.82) is 0 Å². The molecule has 0 bridgehead atoms. The number of carbonyl (C=O) groups is 2. The molecule has 5 nitrogen and oxygen atoms in total. The van der Waals surface area contributed by atoms with Gasteiger partial charge in [-0.2, -0.15) is 0 Å². The third-order valence-corrected chi connectivity index (χ3v) is 2.72. The summed E-state index contributed by atoms with van der Waals surface area (Å²) < 4.78 is 4.43. The van der Waals surface area contributed by atoms with Gasteiger partial charge in [0.2, 0.25) is 5.91 Å². The van der Waals surface area contributed by atoms with Crippen LogP contribution in [-0.2, 0) is 14.3 Å². The quantitative estimate of drug-likeness (QED) is 0.637. The van der Waals surface area contributed by atoms with Crippen LogP contribution in [0.5, 0.6) is 0 Å². The summed E-state index contributed by atoms with van der Waals surface area (Å²) in [5.74, 6) is -0.558. The Kier molecular flexibility index (Phi) is 4.55. The van der Waals surface area contributed by atoms with Gasteiger partial charge >= 0.3 is 5.97 Å². The zero-order chi connectivity index (χ0) is 11.3. The van der Waals surface area contributed by atoms with Gasteiger partial charge in [0.1, 0.15) is 6.54 Å². The largest absolute Gasteiger partial charge is 0.468 e. The van der Waals surface area contributed by atoms with E-state index in [0.717, 1.165) is 19.3 Å². The Labute approximate surface area is 89.3 Å². The number of nitrogens with one attached hydrogen (secondary N) is 1. The van der Waals surface area contributed by atoms with Crippen molar-refractivity contribution in [3.05, 3.63) is 0 Å². The molecular weight excluding hydrogens is 196 g/mol. The van der Waals surface area contributed by atoms with Crippen molar-refractivity contribution in [2.45, 2.75) is 31.7 Å². The van der Waals surface area contributed by atoms with Crippen LogP contribution in [0.4, 0.5) is 0 Å². The Balaban J connectivity index is 2.30. The molecule has 0 aromatic carbocycles. The number of esters is 1. The van der Waals surface area contributed by atoms with Crippen molar-refractivity contribution in [3.63, 3.8) is 0 Å². The lowest BCUT2D eigenvalue weighted by atomic mass is 9.85. The van der Waals surface area contributed by atoms with Crippen molar-refractivity contribution in [2.24, 2.45) is 11.7 Å². The highest BCUT2D eigenvalue weighted by Gasteiger charge is 2.25. The summed E-state index contributed by atoms with van der Waals surface area (Å²) in [6.07, 6.45) is 3.55. The first-order valence-corrected chi connectivity index (χ1v) is 5.23. The van der Waals surface area contributed by atoms with E-state index in [4.69, 9.17) is 5.73 Å². The molecule has 0 aliphatic heterocycles. The lowest BCUT2D eigenvalue weighted by Gasteiger charge is -2.25. The van der Waals surface area contributed by atoms with Crippen LogP contribution in [0.1, 0.15) is 25.7 Å². The second-order valence-electron chi connectivity index (χ2n) is 3.92. The number of rotatable bonds is 3. The summed E-state index contributed by atoms with van der Waals surface area (Å²) >= 11 is 0. The third kappa shape index (κ3) is 3.87. The van der Waals surface area contributed by atoms with Gasteiger partial charge in [-0.05, 0) is 19.3 Å². The Morgan fingerprint density at radius 2 is 2.20 bits per heavy atom. The predicted molar refractivity (Wildman–Crippen MR) is 55.0 cm³/mol. The van der Waals surface area contributed by atoms with Crippen LogP contribution < -0.4 is 11.1 Å². The Bertz CT molecular complexity index is 243. The highest BCUT2D eigenvalue weighted by atomic mass is 16.5. The summed E-state index contributed by atoms with van der Waals surface area (Å²) in [5.41, 5.74) is 5.77. The summed E-state index contributed by atoms with van der Waals surface area (Å²) in [6, 6.07) is 0.118. The lowest BCUT2D eigenvalue weighted by Crippen LogP contribution is -2.39. The lowest BCUT2D eigenvalue weighted by molar-refractivity contribution is -0.141. The number of amides is 1. The molecule has 86 valence electrons. The van der Waals surface area contributed by atoms with Gasteiger partial charge in [-0.25, -0.2) is 0 Å². The standard InChI is InChI=1S/C10H18N2O3/c1-15-9(13)6-12-10(14)7-3-2-4-8(11)5-7/h7-8H,2-6,11H2,1H3,(H,12,14). The molecule has 2 atom stereocenters. The van der Waals surface area contributed by atoms with E-state index in [1.54, 1.807) is 0 Å². The molecule has 0 radical (unpaired) electrons. The van der Waals surface area contributed by atoms with E-state index >= 15 is 0 Å². The second kappa shape index (κ2) is 5.70. The average Bonchev–Trinajstić information content (AvgIpc) is 2.25.